The average molecular weight is 343 g/mol. The third-order valence-electron chi connectivity index (χ3n) is 5.80. The maximum absolute atomic E-state index is 13.4. The van der Waals surface area contributed by atoms with Crippen molar-refractivity contribution in [3.05, 3.63) is 78.0 Å². The van der Waals surface area contributed by atoms with Gasteiger partial charge in [-0.15, -0.1) is 0 Å². The van der Waals surface area contributed by atoms with Crippen molar-refractivity contribution in [2.45, 2.75) is 6.04 Å². The van der Waals surface area contributed by atoms with E-state index in [1.807, 2.05) is 36.4 Å². The predicted octanol–water partition coefficient (Wildman–Crippen LogP) is 3.27. The summed E-state index contributed by atoms with van der Waals surface area (Å²) in [6, 6.07) is 20.5. The van der Waals surface area contributed by atoms with Crippen LogP contribution in [0, 0.1) is 11.8 Å². The van der Waals surface area contributed by atoms with Crippen LogP contribution in [0.3, 0.4) is 0 Å². The van der Waals surface area contributed by atoms with Crippen LogP contribution in [0.25, 0.3) is 10.9 Å². The Kier molecular flexibility index (Phi) is 3.71. The van der Waals surface area contributed by atoms with Crippen LogP contribution in [-0.2, 0) is 0 Å². The number of likely N-dealkylation sites (tertiary alicyclic amines) is 1. The molecule has 2 aliphatic heterocycles. The van der Waals surface area contributed by atoms with Gasteiger partial charge < -0.3 is 10.2 Å². The molecule has 26 heavy (non-hydrogen) atoms. The predicted molar refractivity (Wildman–Crippen MR) is 102 cm³/mol. The van der Waals surface area contributed by atoms with E-state index < -0.39 is 0 Å². The van der Waals surface area contributed by atoms with Gasteiger partial charge in [0.15, 0.2) is 0 Å². The molecule has 0 spiro atoms. The Morgan fingerprint density at radius 2 is 1.85 bits per heavy atom. The molecule has 4 nitrogen and oxygen atoms in total. The highest BCUT2D eigenvalue weighted by atomic mass is 16.2. The molecule has 2 fully saturated rings. The molecule has 0 unspecified atom stereocenters. The Labute approximate surface area is 152 Å². The van der Waals surface area contributed by atoms with Crippen molar-refractivity contribution in [1.82, 2.24) is 15.2 Å². The molecule has 3 aromatic rings. The Hall–Kier alpha value is -2.72. The zero-order valence-corrected chi connectivity index (χ0v) is 14.5. The van der Waals surface area contributed by atoms with E-state index in [1.165, 1.54) is 5.56 Å². The van der Waals surface area contributed by atoms with Crippen LogP contribution >= 0.6 is 0 Å². The van der Waals surface area contributed by atoms with Crippen LogP contribution < -0.4 is 5.32 Å². The molecular weight excluding hydrogens is 322 g/mol. The highest BCUT2D eigenvalue weighted by Gasteiger charge is 2.46. The molecule has 2 aliphatic rings. The van der Waals surface area contributed by atoms with Gasteiger partial charge in [-0.1, -0.05) is 48.5 Å². The van der Waals surface area contributed by atoms with E-state index in [0.717, 1.165) is 30.5 Å². The second kappa shape index (κ2) is 6.22. The molecule has 0 radical (unpaired) electrons. The van der Waals surface area contributed by atoms with Crippen LogP contribution in [0.5, 0.6) is 0 Å². The number of hydrogen-bond donors (Lipinski definition) is 1. The molecule has 2 saturated heterocycles. The number of nitrogens with one attached hydrogen (secondary N) is 1. The van der Waals surface area contributed by atoms with Gasteiger partial charge in [-0.3, -0.25) is 9.78 Å². The molecule has 5 rings (SSSR count). The van der Waals surface area contributed by atoms with E-state index in [9.17, 15) is 4.79 Å². The number of para-hydroxylation sites is 1. The van der Waals surface area contributed by atoms with Crippen LogP contribution in [0.4, 0.5) is 0 Å². The summed E-state index contributed by atoms with van der Waals surface area (Å²) in [5, 5.41) is 4.51. The fourth-order valence-electron chi connectivity index (χ4n) is 4.56. The highest BCUT2D eigenvalue weighted by Crippen LogP contribution is 2.43. The summed E-state index contributed by atoms with van der Waals surface area (Å²) in [7, 11) is 0. The van der Waals surface area contributed by atoms with E-state index in [0.29, 0.717) is 17.4 Å². The summed E-state index contributed by atoms with van der Waals surface area (Å²) in [5.41, 5.74) is 2.83. The number of carbonyl (C=O) groups excluding carboxylic acids is 1. The number of benzene rings is 2. The lowest BCUT2D eigenvalue weighted by atomic mass is 9.89. The third kappa shape index (κ3) is 2.49. The first-order valence-electron chi connectivity index (χ1n) is 9.23. The normalized spacial score (nSPS) is 24.8. The molecule has 0 aliphatic carbocycles. The monoisotopic (exact) mass is 343 g/mol. The molecular formula is C22H21N3O. The SMILES string of the molecule is O=C(c1cnc2ccccc2c1)N1C[C@@H]2CNC[C@@H]2[C@H]1c1ccccc1. The van der Waals surface area contributed by atoms with Crippen molar-refractivity contribution in [1.29, 1.82) is 0 Å². The number of nitrogens with zero attached hydrogens (tertiary/aromatic N) is 2. The topological polar surface area (TPSA) is 45.2 Å². The van der Waals surface area contributed by atoms with Crippen LogP contribution in [-0.4, -0.2) is 35.4 Å². The highest BCUT2D eigenvalue weighted by molar-refractivity contribution is 5.97. The molecule has 1 aromatic heterocycles. The van der Waals surface area contributed by atoms with Gasteiger partial charge in [0.05, 0.1) is 17.1 Å². The summed E-state index contributed by atoms with van der Waals surface area (Å²) in [6.07, 6.45) is 1.72. The lowest BCUT2D eigenvalue weighted by molar-refractivity contribution is 0.0714. The first kappa shape index (κ1) is 15.5. The first-order valence-corrected chi connectivity index (χ1v) is 9.23. The first-order chi connectivity index (χ1) is 12.8. The lowest BCUT2D eigenvalue weighted by Crippen LogP contribution is -2.34. The fraction of sp³-hybridized carbons (Fsp3) is 0.273. The number of pyridine rings is 1. The Balaban J connectivity index is 1.53. The smallest absolute Gasteiger partial charge is 0.255 e. The molecule has 3 atom stereocenters. The van der Waals surface area contributed by atoms with Gasteiger partial charge in [-0.25, -0.2) is 0 Å². The van der Waals surface area contributed by atoms with Crippen molar-refractivity contribution in [2.75, 3.05) is 19.6 Å². The number of aromatic nitrogens is 1. The van der Waals surface area contributed by atoms with Crippen molar-refractivity contribution in [3.8, 4) is 0 Å². The van der Waals surface area contributed by atoms with Gasteiger partial charge in [0.2, 0.25) is 0 Å². The van der Waals surface area contributed by atoms with Gasteiger partial charge in [-0.2, -0.15) is 0 Å². The molecule has 2 aromatic carbocycles. The number of carbonyl (C=O) groups is 1. The van der Waals surface area contributed by atoms with Crippen molar-refractivity contribution < 1.29 is 4.79 Å². The lowest BCUT2D eigenvalue weighted by Gasteiger charge is -2.28. The fourth-order valence-corrected chi connectivity index (χ4v) is 4.56. The van der Waals surface area contributed by atoms with E-state index >= 15 is 0 Å². The van der Waals surface area contributed by atoms with E-state index in [-0.39, 0.29) is 11.9 Å². The van der Waals surface area contributed by atoms with Crippen LogP contribution in [0.15, 0.2) is 66.9 Å². The standard InChI is InChI=1S/C22H21N3O/c26-22(17-10-16-8-4-5-9-20(16)24-12-17)25-14-18-11-23-13-19(18)21(25)15-6-2-1-3-7-15/h1-10,12,18-19,21,23H,11,13-14H2/t18-,19-,21+/m0/s1. The minimum Gasteiger partial charge on any atom is -0.331 e. The average Bonchev–Trinajstić information content (AvgIpc) is 3.29. The van der Waals surface area contributed by atoms with E-state index in [1.54, 1.807) is 6.20 Å². The molecule has 0 saturated carbocycles. The number of hydrogen-bond acceptors (Lipinski definition) is 3. The molecule has 130 valence electrons. The minimum atomic E-state index is 0.0894. The van der Waals surface area contributed by atoms with Crippen molar-refractivity contribution in [2.24, 2.45) is 11.8 Å². The van der Waals surface area contributed by atoms with Gasteiger partial charge in [-0.05, 0) is 23.6 Å². The Morgan fingerprint density at radius 3 is 2.73 bits per heavy atom. The van der Waals surface area contributed by atoms with E-state index in [2.05, 4.69) is 39.5 Å². The second-order valence-electron chi connectivity index (χ2n) is 7.31. The summed E-state index contributed by atoms with van der Waals surface area (Å²) in [4.78, 5) is 19.9. The van der Waals surface area contributed by atoms with Gasteiger partial charge >= 0.3 is 0 Å². The van der Waals surface area contributed by atoms with Crippen LogP contribution in [0.2, 0.25) is 0 Å². The zero-order valence-electron chi connectivity index (χ0n) is 14.5. The van der Waals surface area contributed by atoms with Gasteiger partial charge in [0, 0.05) is 37.1 Å². The second-order valence-corrected chi connectivity index (χ2v) is 7.31. The maximum atomic E-state index is 13.4. The number of rotatable bonds is 2. The zero-order chi connectivity index (χ0) is 17.5. The van der Waals surface area contributed by atoms with Gasteiger partial charge in [0.25, 0.3) is 5.91 Å². The molecule has 1 N–H and O–H groups in total. The maximum Gasteiger partial charge on any atom is 0.255 e. The van der Waals surface area contributed by atoms with Crippen LogP contribution in [0.1, 0.15) is 22.0 Å². The quantitative estimate of drug-likeness (QED) is 0.777. The largest absolute Gasteiger partial charge is 0.331 e. The Morgan fingerprint density at radius 1 is 1.04 bits per heavy atom. The van der Waals surface area contributed by atoms with Crippen molar-refractivity contribution in [3.63, 3.8) is 0 Å². The van der Waals surface area contributed by atoms with Crippen molar-refractivity contribution >= 4 is 16.8 Å². The summed E-state index contributed by atoms with van der Waals surface area (Å²) in [6.45, 7) is 2.78. The molecule has 1 amide bonds. The summed E-state index contributed by atoms with van der Waals surface area (Å²) in [5.74, 6) is 1.10. The minimum absolute atomic E-state index is 0.0894. The molecule has 3 heterocycles. The van der Waals surface area contributed by atoms with E-state index in [4.69, 9.17) is 0 Å². The molecule has 0 bridgehead atoms. The summed E-state index contributed by atoms with van der Waals surface area (Å²) < 4.78 is 0. The summed E-state index contributed by atoms with van der Waals surface area (Å²) >= 11 is 0. The third-order valence-corrected chi connectivity index (χ3v) is 5.80. The van der Waals surface area contributed by atoms with Gasteiger partial charge in [0.1, 0.15) is 0 Å². The molecule has 4 heteroatoms. The Bertz CT molecular complexity index is 956. The number of fused-ring (bicyclic) bond motifs is 2. The number of amides is 1.